The molecule has 0 fully saturated rings. The third-order valence-corrected chi connectivity index (χ3v) is 7.86. The summed E-state index contributed by atoms with van der Waals surface area (Å²) in [6.07, 6.45) is -2.95. The molecule has 0 bridgehead atoms. The molecule has 0 radical (unpaired) electrons. The van der Waals surface area contributed by atoms with Crippen LogP contribution in [0.4, 0.5) is 18.9 Å². The van der Waals surface area contributed by atoms with Crippen LogP contribution in [0.25, 0.3) is 5.69 Å². The molecule has 0 aliphatic carbocycles. The lowest BCUT2D eigenvalue weighted by atomic mass is 10.0. The van der Waals surface area contributed by atoms with Gasteiger partial charge in [0, 0.05) is 18.3 Å². The smallest absolute Gasteiger partial charge is 0.417 e. The minimum absolute atomic E-state index is 0.0457. The molecule has 4 aromatic rings. The quantitative estimate of drug-likeness (QED) is 0.257. The molecule has 3 aromatic carbocycles. The molecule has 0 atom stereocenters. The summed E-state index contributed by atoms with van der Waals surface area (Å²) in [5.74, 6) is 0.146. The number of anilines is 1. The second kappa shape index (κ2) is 12.8. The molecule has 1 aliphatic heterocycles. The minimum Gasteiger partial charge on any atom is -0.497 e. The second-order valence-corrected chi connectivity index (χ2v) is 10.5. The van der Waals surface area contributed by atoms with Gasteiger partial charge in [0.25, 0.3) is 5.91 Å². The van der Waals surface area contributed by atoms with Crippen LogP contribution in [0.2, 0.25) is 0 Å². The SMILES string of the molecule is COc1ccc(OC)c(-n2c(CNC(=O)c3ccccc3C(F)(F)F)nnc2SCC(=O)N2CCCc3ccccc32)c1. The molecule has 5 rings (SSSR count). The monoisotopic (exact) mass is 611 g/mol. The zero-order valence-electron chi connectivity index (χ0n) is 23.4. The molecule has 0 saturated heterocycles. The summed E-state index contributed by atoms with van der Waals surface area (Å²) in [6.45, 7) is 0.343. The Morgan fingerprint density at radius 2 is 1.74 bits per heavy atom. The van der Waals surface area contributed by atoms with Gasteiger partial charge in [0.15, 0.2) is 11.0 Å². The van der Waals surface area contributed by atoms with Crippen molar-refractivity contribution in [3.63, 3.8) is 0 Å². The van der Waals surface area contributed by atoms with Gasteiger partial charge in [-0.1, -0.05) is 42.1 Å². The van der Waals surface area contributed by atoms with E-state index in [1.54, 1.807) is 27.7 Å². The van der Waals surface area contributed by atoms with E-state index in [2.05, 4.69) is 15.5 Å². The number of rotatable bonds is 9. The summed E-state index contributed by atoms with van der Waals surface area (Å²) in [7, 11) is 2.98. The number of nitrogens with zero attached hydrogens (tertiary/aromatic N) is 4. The van der Waals surface area contributed by atoms with E-state index in [0.717, 1.165) is 48.0 Å². The van der Waals surface area contributed by atoms with Gasteiger partial charge in [-0.05, 0) is 48.7 Å². The van der Waals surface area contributed by atoms with E-state index in [-0.39, 0.29) is 24.0 Å². The van der Waals surface area contributed by atoms with E-state index >= 15 is 0 Å². The first-order valence-electron chi connectivity index (χ1n) is 13.3. The van der Waals surface area contributed by atoms with Crippen LogP contribution in [-0.4, -0.2) is 53.1 Å². The lowest BCUT2D eigenvalue weighted by Crippen LogP contribution is -2.36. The fourth-order valence-electron chi connectivity index (χ4n) is 4.90. The highest BCUT2D eigenvalue weighted by Gasteiger charge is 2.35. The Hall–Kier alpha value is -4.52. The Balaban J connectivity index is 1.44. The van der Waals surface area contributed by atoms with Crippen LogP contribution >= 0.6 is 11.8 Å². The van der Waals surface area contributed by atoms with E-state index in [0.29, 0.717) is 28.9 Å². The van der Waals surface area contributed by atoms with Crippen molar-refractivity contribution in [3.8, 4) is 17.2 Å². The number of carbonyl (C=O) groups excluding carboxylic acids is 2. The van der Waals surface area contributed by atoms with Crippen molar-refractivity contribution in [2.45, 2.75) is 30.7 Å². The number of ether oxygens (including phenoxy) is 2. The normalized spacial score (nSPS) is 12.9. The molecule has 0 spiro atoms. The van der Waals surface area contributed by atoms with Crippen molar-refractivity contribution in [1.82, 2.24) is 20.1 Å². The van der Waals surface area contributed by atoms with Crippen LogP contribution in [0, 0.1) is 0 Å². The molecule has 224 valence electrons. The second-order valence-electron chi connectivity index (χ2n) is 9.56. The summed E-state index contributed by atoms with van der Waals surface area (Å²) in [5, 5.41) is 11.3. The predicted molar refractivity (Wildman–Crippen MR) is 155 cm³/mol. The largest absolute Gasteiger partial charge is 0.497 e. The first-order chi connectivity index (χ1) is 20.7. The number of aryl methyl sites for hydroxylation is 1. The number of para-hydroxylation sites is 1. The Kier molecular flexibility index (Phi) is 8.90. The van der Waals surface area contributed by atoms with Gasteiger partial charge in [0.05, 0.1) is 43.3 Å². The molecule has 13 heteroatoms. The van der Waals surface area contributed by atoms with Crippen LogP contribution in [-0.2, 0) is 23.9 Å². The third kappa shape index (κ3) is 6.46. The predicted octanol–water partition coefficient (Wildman–Crippen LogP) is 5.30. The van der Waals surface area contributed by atoms with E-state index in [9.17, 15) is 22.8 Å². The summed E-state index contributed by atoms with van der Waals surface area (Å²) in [6, 6.07) is 17.4. The number of methoxy groups -OCH3 is 2. The average molecular weight is 612 g/mol. The first-order valence-corrected chi connectivity index (χ1v) is 14.3. The number of halogens is 3. The van der Waals surface area contributed by atoms with Crippen LogP contribution < -0.4 is 19.7 Å². The maximum atomic E-state index is 13.5. The highest BCUT2D eigenvalue weighted by molar-refractivity contribution is 7.99. The Bertz CT molecular complexity index is 1640. The molecule has 0 unspecified atom stereocenters. The first kappa shape index (κ1) is 30.0. The number of hydrogen-bond donors (Lipinski definition) is 1. The number of nitrogens with one attached hydrogen (secondary N) is 1. The fourth-order valence-corrected chi connectivity index (χ4v) is 5.74. The van der Waals surface area contributed by atoms with Gasteiger partial charge in [0.1, 0.15) is 11.5 Å². The van der Waals surface area contributed by atoms with Crippen molar-refractivity contribution in [1.29, 1.82) is 0 Å². The zero-order valence-corrected chi connectivity index (χ0v) is 24.2. The van der Waals surface area contributed by atoms with Gasteiger partial charge in [-0.25, -0.2) is 0 Å². The van der Waals surface area contributed by atoms with E-state index in [1.807, 2.05) is 24.3 Å². The van der Waals surface area contributed by atoms with Gasteiger partial charge < -0.3 is 19.7 Å². The van der Waals surface area contributed by atoms with Gasteiger partial charge in [-0.3, -0.25) is 14.2 Å². The van der Waals surface area contributed by atoms with E-state index in [1.165, 1.54) is 26.4 Å². The number of benzene rings is 3. The van der Waals surface area contributed by atoms with Crippen molar-refractivity contribution in [3.05, 3.63) is 89.2 Å². The molecule has 1 N–H and O–H groups in total. The van der Waals surface area contributed by atoms with Crippen LogP contribution in [0.5, 0.6) is 11.5 Å². The van der Waals surface area contributed by atoms with Crippen LogP contribution in [0.15, 0.2) is 71.9 Å². The standard InChI is InChI=1S/C30H28F3N5O4S/c1-41-20-13-14-25(42-2)24(16-20)38-26(17-34-28(40)21-10-4-5-11-22(21)30(31,32)33)35-36-29(38)43-18-27(39)37-15-7-9-19-8-3-6-12-23(19)37/h3-6,8,10-14,16H,7,9,15,17-18H2,1-2H3,(H,34,40). The maximum absolute atomic E-state index is 13.5. The fraction of sp³-hybridized carbons (Fsp3) is 0.267. The number of amides is 2. The molecule has 9 nitrogen and oxygen atoms in total. The zero-order chi connectivity index (χ0) is 30.6. The number of aromatic nitrogens is 3. The molecular weight excluding hydrogens is 583 g/mol. The lowest BCUT2D eigenvalue weighted by molar-refractivity contribution is -0.138. The van der Waals surface area contributed by atoms with Crippen LogP contribution in [0.3, 0.4) is 0 Å². The summed E-state index contributed by atoms with van der Waals surface area (Å²) >= 11 is 1.15. The van der Waals surface area contributed by atoms with E-state index < -0.39 is 23.2 Å². The molecule has 43 heavy (non-hydrogen) atoms. The Morgan fingerprint density at radius 3 is 2.51 bits per heavy atom. The molecule has 2 heterocycles. The highest BCUT2D eigenvalue weighted by Crippen LogP contribution is 2.34. The molecule has 0 saturated carbocycles. The molecular formula is C30H28F3N5O4S. The Morgan fingerprint density at radius 1 is 0.977 bits per heavy atom. The molecule has 1 aliphatic rings. The number of thioether (sulfide) groups is 1. The van der Waals surface area contributed by atoms with Crippen molar-refractivity contribution >= 4 is 29.3 Å². The summed E-state index contributed by atoms with van der Waals surface area (Å²) < 4.78 is 53.1. The number of carbonyl (C=O) groups is 2. The number of fused-ring (bicyclic) bond motifs is 1. The van der Waals surface area contributed by atoms with Gasteiger partial charge >= 0.3 is 6.18 Å². The average Bonchev–Trinajstić information content (AvgIpc) is 3.43. The summed E-state index contributed by atoms with van der Waals surface area (Å²) in [4.78, 5) is 28.0. The Labute approximate surface area is 250 Å². The van der Waals surface area contributed by atoms with Crippen molar-refractivity contribution < 1.29 is 32.2 Å². The number of hydrogen-bond acceptors (Lipinski definition) is 7. The van der Waals surface area contributed by atoms with Crippen molar-refractivity contribution in [2.75, 3.05) is 31.4 Å². The van der Waals surface area contributed by atoms with Gasteiger partial charge in [-0.15, -0.1) is 10.2 Å². The maximum Gasteiger partial charge on any atom is 0.417 e. The minimum atomic E-state index is -4.70. The third-order valence-electron chi connectivity index (χ3n) is 6.95. The van der Waals surface area contributed by atoms with Gasteiger partial charge in [0.2, 0.25) is 5.91 Å². The van der Waals surface area contributed by atoms with E-state index in [4.69, 9.17) is 9.47 Å². The molecule has 2 amide bonds. The highest BCUT2D eigenvalue weighted by atomic mass is 32.2. The van der Waals surface area contributed by atoms with Crippen molar-refractivity contribution in [2.24, 2.45) is 0 Å². The topological polar surface area (TPSA) is 98.6 Å². The summed E-state index contributed by atoms with van der Waals surface area (Å²) in [5.41, 5.74) is 0.906. The van der Waals surface area contributed by atoms with Crippen LogP contribution in [0.1, 0.15) is 33.7 Å². The van der Waals surface area contributed by atoms with Gasteiger partial charge in [-0.2, -0.15) is 13.2 Å². The number of alkyl halides is 3. The lowest BCUT2D eigenvalue weighted by Gasteiger charge is -2.29. The molecule has 1 aromatic heterocycles.